The topological polar surface area (TPSA) is 50.9 Å². The molecular formula is C16H25N3. The lowest BCUT2D eigenvalue weighted by molar-refractivity contribution is 0.545. The second-order valence-electron chi connectivity index (χ2n) is 5.55. The summed E-state index contributed by atoms with van der Waals surface area (Å²) < 4.78 is 0. The molecule has 3 nitrogen and oxygen atoms in total. The van der Waals surface area contributed by atoms with Crippen LogP contribution in [-0.4, -0.2) is 4.98 Å². The summed E-state index contributed by atoms with van der Waals surface area (Å²) in [6, 6.07) is 2.24. The van der Waals surface area contributed by atoms with Gasteiger partial charge in [-0.3, -0.25) is 10.8 Å². The molecule has 0 amide bonds. The molecule has 0 aromatic carbocycles. The Bertz CT molecular complexity index is 451. The van der Waals surface area contributed by atoms with E-state index >= 15 is 0 Å². The Morgan fingerprint density at radius 2 is 2.00 bits per heavy atom. The molecule has 1 aromatic heterocycles. The fourth-order valence-electron chi connectivity index (χ4n) is 2.87. The smallest absolute Gasteiger partial charge is 0.0844 e. The minimum atomic E-state index is 0.0682. The SMILES string of the molecule is Cc1cnc(C(NN)C2=CCCCCCC2)c(C)c1. The quantitative estimate of drug-likeness (QED) is 0.496. The number of aromatic nitrogens is 1. The van der Waals surface area contributed by atoms with E-state index in [2.05, 4.69) is 36.4 Å². The standard InChI is InChI=1S/C16H25N3/c1-12-10-13(2)15(18-11-12)16(19-17)14-8-6-4-3-5-7-9-14/h8,10-11,16,19H,3-7,9,17H2,1-2H3. The molecule has 1 aliphatic rings. The van der Waals surface area contributed by atoms with Gasteiger partial charge >= 0.3 is 0 Å². The van der Waals surface area contributed by atoms with Crippen molar-refractivity contribution in [3.63, 3.8) is 0 Å². The number of pyridine rings is 1. The number of allylic oxidation sites excluding steroid dienone is 1. The summed E-state index contributed by atoms with van der Waals surface area (Å²) in [7, 11) is 0. The summed E-state index contributed by atoms with van der Waals surface area (Å²) in [5.74, 6) is 5.80. The summed E-state index contributed by atoms with van der Waals surface area (Å²) in [6.07, 6.45) is 11.8. The van der Waals surface area contributed by atoms with Crippen molar-refractivity contribution in [3.8, 4) is 0 Å². The van der Waals surface area contributed by atoms with Gasteiger partial charge in [-0.2, -0.15) is 0 Å². The van der Waals surface area contributed by atoms with Gasteiger partial charge in [-0.25, -0.2) is 5.43 Å². The van der Waals surface area contributed by atoms with Crippen molar-refractivity contribution in [1.82, 2.24) is 10.4 Å². The number of hydrogen-bond acceptors (Lipinski definition) is 3. The molecule has 3 heteroatoms. The first kappa shape index (κ1) is 14.2. The number of hydrazine groups is 1. The molecule has 104 valence electrons. The largest absolute Gasteiger partial charge is 0.271 e. The second kappa shape index (κ2) is 6.83. The van der Waals surface area contributed by atoms with E-state index in [1.807, 2.05) is 6.20 Å². The van der Waals surface area contributed by atoms with Crippen molar-refractivity contribution in [2.75, 3.05) is 0 Å². The number of aryl methyl sites for hydroxylation is 2. The predicted molar refractivity (Wildman–Crippen MR) is 79.6 cm³/mol. The highest BCUT2D eigenvalue weighted by molar-refractivity contribution is 5.31. The molecule has 3 N–H and O–H groups in total. The van der Waals surface area contributed by atoms with E-state index in [1.54, 1.807) is 0 Å². The van der Waals surface area contributed by atoms with E-state index in [4.69, 9.17) is 5.84 Å². The molecular weight excluding hydrogens is 234 g/mol. The molecule has 1 aromatic rings. The van der Waals surface area contributed by atoms with E-state index in [1.165, 1.54) is 48.8 Å². The Labute approximate surface area is 116 Å². The zero-order valence-electron chi connectivity index (χ0n) is 12.1. The van der Waals surface area contributed by atoms with Gasteiger partial charge in [0.05, 0.1) is 11.7 Å². The van der Waals surface area contributed by atoms with Crippen LogP contribution < -0.4 is 11.3 Å². The highest BCUT2D eigenvalue weighted by atomic mass is 15.2. The Morgan fingerprint density at radius 1 is 1.21 bits per heavy atom. The summed E-state index contributed by atoms with van der Waals surface area (Å²) in [5, 5.41) is 0. The molecule has 0 radical (unpaired) electrons. The van der Waals surface area contributed by atoms with Gasteiger partial charge in [0, 0.05) is 6.20 Å². The van der Waals surface area contributed by atoms with Gasteiger partial charge < -0.3 is 0 Å². The lowest BCUT2D eigenvalue weighted by Crippen LogP contribution is -2.31. The molecule has 0 fully saturated rings. The third-order valence-corrected chi connectivity index (χ3v) is 3.89. The highest BCUT2D eigenvalue weighted by Gasteiger charge is 2.19. The first-order chi connectivity index (χ1) is 9.22. The van der Waals surface area contributed by atoms with Crippen molar-refractivity contribution < 1.29 is 0 Å². The first-order valence-corrected chi connectivity index (χ1v) is 7.30. The zero-order chi connectivity index (χ0) is 13.7. The lowest BCUT2D eigenvalue weighted by Gasteiger charge is -2.22. The van der Waals surface area contributed by atoms with E-state index < -0.39 is 0 Å². The van der Waals surface area contributed by atoms with Crippen molar-refractivity contribution in [2.24, 2.45) is 5.84 Å². The molecule has 0 aliphatic heterocycles. The van der Waals surface area contributed by atoms with E-state index in [9.17, 15) is 0 Å². The highest BCUT2D eigenvalue weighted by Crippen LogP contribution is 2.29. The predicted octanol–water partition coefficient (Wildman–Crippen LogP) is 3.48. The summed E-state index contributed by atoms with van der Waals surface area (Å²) >= 11 is 0. The Hall–Kier alpha value is -1.19. The zero-order valence-corrected chi connectivity index (χ0v) is 12.1. The van der Waals surface area contributed by atoms with Crippen LogP contribution in [0.1, 0.15) is 61.4 Å². The maximum Gasteiger partial charge on any atom is 0.0844 e. The molecule has 19 heavy (non-hydrogen) atoms. The Kier molecular flexibility index (Phi) is 5.11. The normalized spacial score (nSPS) is 18.4. The average molecular weight is 259 g/mol. The molecule has 0 spiro atoms. The van der Waals surface area contributed by atoms with Crippen LogP contribution in [-0.2, 0) is 0 Å². The molecule has 0 saturated heterocycles. The monoisotopic (exact) mass is 259 g/mol. The van der Waals surface area contributed by atoms with Crippen LogP contribution in [0.25, 0.3) is 0 Å². The molecule has 1 aliphatic carbocycles. The molecule has 1 atom stereocenters. The number of nitrogens with two attached hydrogens (primary N) is 1. The minimum Gasteiger partial charge on any atom is -0.271 e. The third-order valence-electron chi connectivity index (χ3n) is 3.89. The number of nitrogens with one attached hydrogen (secondary N) is 1. The molecule has 1 unspecified atom stereocenters. The number of hydrogen-bond donors (Lipinski definition) is 2. The number of rotatable bonds is 3. The van der Waals surface area contributed by atoms with E-state index in [0.717, 1.165) is 12.1 Å². The van der Waals surface area contributed by atoms with Gasteiger partial charge in [-0.05, 0) is 50.7 Å². The third kappa shape index (κ3) is 3.64. The summed E-state index contributed by atoms with van der Waals surface area (Å²) in [5.41, 5.74) is 7.85. The lowest BCUT2D eigenvalue weighted by atomic mass is 9.92. The molecule has 0 saturated carbocycles. The van der Waals surface area contributed by atoms with Gasteiger partial charge in [0.15, 0.2) is 0 Å². The molecule has 2 rings (SSSR count). The fraction of sp³-hybridized carbons (Fsp3) is 0.562. The Morgan fingerprint density at radius 3 is 2.74 bits per heavy atom. The van der Waals surface area contributed by atoms with Crippen molar-refractivity contribution >= 4 is 0 Å². The van der Waals surface area contributed by atoms with Crippen LogP contribution >= 0.6 is 0 Å². The summed E-state index contributed by atoms with van der Waals surface area (Å²) in [4.78, 5) is 4.59. The van der Waals surface area contributed by atoms with Gasteiger partial charge in [0.1, 0.15) is 0 Å². The molecule has 0 bridgehead atoms. The molecule has 1 heterocycles. The van der Waals surface area contributed by atoms with Crippen LogP contribution in [0.2, 0.25) is 0 Å². The van der Waals surface area contributed by atoms with Gasteiger partial charge in [-0.15, -0.1) is 0 Å². The van der Waals surface area contributed by atoms with Crippen LogP contribution in [0.3, 0.4) is 0 Å². The van der Waals surface area contributed by atoms with E-state index in [-0.39, 0.29) is 6.04 Å². The van der Waals surface area contributed by atoms with Crippen LogP contribution in [0.4, 0.5) is 0 Å². The van der Waals surface area contributed by atoms with Gasteiger partial charge in [-0.1, -0.05) is 30.6 Å². The van der Waals surface area contributed by atoms with Gasteiger partial charge in [0.2, 0.25) is 0 Å². The number of nitrogens with zero attached hydrogens (tertiary/aromatic N) is 1. The van der Waals surface area contributed by atoms with Crippen molar-refractivity contribution in [2.45, 2.75) is 58.4 Å². The van der Waals surface area contributed by atoms with Gasteiger partial charge in [0.25, 0.3) is 0 Å². The maximum atomic E-state index is 5.80. The van der Waals surface area contributed by atoms with Crippen LogP contribution in [0.5, 0.6) is 0 Å². The van der Waals surface area contributed by atoms with Crippen LogP contribution in [0, 0.1) is 13.8 Å². The Balaban J connectivity index is 2.27. The first-order valence-electron chi connectivity index (χ1n) is 7.30. The minimum absolute atomic E-state index is 0.0682. The van der Waals surface area contributed by atoms with Crippen molar-refractivity contribution in [1.29, 1.82) is 0 Å². The van der Waals surface area contributed by atoms with E-state index in [0.29, 0.717) is 0 Å². The average Bonchev–Trinajstić information content (AvgIpc) is 2.34. The maximum absolute atomic E-state index is 5.80. The second-order valence-corrected chi connectivity index (χ2v) is 5.55. The fourth-order valence-corrected chi connectivity index (χ4v) is 2.87. The summed E-state index contributed by atoms with van der Waals surface area (Å²) in [6.45, 7) is 4.19. The van der Waals surface area contributed by atoms with Crippen LogP contribution in [0.15, 0.2) is 23.9 Å². The van der Waals surface area contributed by atoms with Crippen molar-refractivity contribution in [3.05, 3.63) is 40.7 Å².